The Bertz CT molecular complexity index is 1020. The first kappa shape index (κ1) is 27.9. The molecule has 0 fully saturated rings. The van der Waals surface area contributed by atoms with Gasteiger partial charge in [-0.3, -0.25) is 4.98 Å². The minimum atomic E-state index is -4.30. The molecule has 2 rings (SSSR count). The fourth-order valence-corrected chi connectivity index (χ4v) is 4.47. The molecule has 0 bridgehead atoms. The van der Waals surface area contributed by atoms with Crippen LogP contribution in [0.3, 0.4) is 0 Å². The van der Waals surface area contributed by atoms with E-state index in [-0.39, 0.29) is 5.92 Å². The monoisotopic (exact) mass is 489 g/mol. The van der Waals surface area contributed by atoms with E-state index in [9.17, 15) is 18.4 Å². The predicted molar refractivity (Wildman–Crippen MR) is 135 cm³/mol. The Labute approximate surface area is 206 Å². The van der Waals surface area contributed by atoms with Crippen LogP contribution in [0.25, 0.3) is 11.1 Å². The molecule has 0 saturated carbocycles. The van der Waals surface area contributed by atoms with Gasteiger partial charge in [-0.05, 0) is 92.3 Å². The average molecular weight is 490 g/mol. The van der Waals surface area contributed by atoms with E-state index in [1.807, 2.05) is 44.2 Å². The second-order valence-corrected chi connectivity index (χ2v) is 10.0. The number of hydrogen-bond donors (Lipinski definition) is 1. The normalized spacial score (nSPS) is 14.5. The Hall–Kier alpha value is -2.30. The number of halogens is 3. The number of aryl methyl sites for hydroxylation is 2. The van der Waals surface area contributed by atoms with Crippen LogP contribution < -0.4 is 4.72 Å². The molecule has 7 heteroatoms. The molecule has 184 valence electrons. The maximum absolute atomic E-state index is 12.8. The third kappa shape index (κ3) is 7.61. The molecule has 0 saturated heterocycles. The number of hydrogen-bond acceptors (Lipinski definition) is 4. The van der Waals surface area contributed by atoms with Crippen LogP contribution in [0, 0.1) is 37.0 Å². The van der Waals surface area contributed by atoms with Gasteiger partial charge in [-0.25, -0.2) is 4.72 Å². The van der Waals surface area contributed by atoms with Crippen LogP contribution in [-0.2, 0) is 0 Å². The van der Waals surface area contributed by atoms with Crippen LogP contribution in [0.2, 0.25) is 0 Å². The number of rotatable bonds is 10. The Kier molecular flexibility index (Phi) is 10.2. The lowest BCUT2D eigenvalue weighted by Gasteiger charge is -2.23. The summed E-state index contributed by atoms with van der Waals surface area (Å²) in [5.74, 6) is 0.725. The lowest BCUT2D eigenvalue weighted by Crippen LogP contribution is -2.35. The molecular weight excluding hydrogens is 455 g/mol. The molecule has 1 aromatic carbocycles. The second-order valence-electron chi connectivity index (χ2n) is 9.13. The molecular formula is C27H34F3N3S. The van der Waals surface area contributed by atoms with E-state index in [1.54, 1.807) is 6.20 Å². The van der Waals surface area contributed by atoms with Crippen molar-refractivity contribution < 1.29 is 13.2 Å². The van der Waals surface area contributed by atoms with Crippen LogP contribution in [-0.4, -0.2) is 17.2 Å². The van der Waals surface area contributed by atoms with Crippen LogP contribution in [0.5, 0.6) is 0 Å². The first-order chi connectivity index (χ1) is 16.0. The van der Waals surface area contributed by atoms with Crippen LogP contribution in [0.1, 0.15) is 69.3 Å². The van der Waals surface area contributed by atoms with E-state index < -0.39 is 12.2 Å². The summed E-state index contributed by atoms with van der Waals surface area (Å²) in [5.41, 5.74) is 5.14. The van der Waals surface area contributed by atoms with Crippen molar-refractivity contribution in [2.24, 2.45) is 11.8 Å². The summed E-state index contributed by atoms with van der Waals surface area (Å²) in [4.78, 5) is 5.15. The van der Waals surface area contributed by atoms with Crippen molar-refractivity contribution in [2.75, 3.05) is 0 Å². The molecule has 3 nitrogen and oxygen atoms in total. The van der Waals surface area contributed by atoms with Crippen molar-refractivity contribution in [1.29, 1.82) is 5.26 Å². The third-order valence-corrected chi connectivity index (χ3v) is 6.86. The first-order valence-electron chi connectivity index (χ1n) is 11.6. The van der Waals surface area contributed by atoms with Gasteiger partial charge in [0.05, 0.1) is 5.57 Å². The van der Waals surface area contributed by atoms with Gasteiger partial charge in [0.1, 0.15) is 12.1 Å². The van der Waals surface area contributed by atoms with Crippen LogP contribution in [0.15, 0.2) is 41.4 Å². The van der Waals surface area contributed by atoms with E-state index in [4.69, 9.17) is 0 Å². The Morgan fingerprint density at radius 1 is 1.12 bits per heavy atom. The van der Waals surface area contributed by atoms with Crippen molar-refractivity contribution in [3.05, 3.63) is 58.9 Å². The summed E-state index contributed by atoms with van der Waals surface area (Å²) in [7, 11) is 0. The minimum Gasteiger partial charge on any atom is -0.261 e. The quantitative estimate of drug-likeness (QED) is 0.270. The molecule has 34 heavy (non-hydrogen) atoms. The largest absolute Gasteiger partial charge is 0.404 e. The van der Waals surface area contributed by atoms with Gasteiger partial charge in [-0.2, -0.15) is 18.4 Å². The molecule has 2 aromatic rings. The number of nitrogens with zero attached hydrogens (tertiary/aromatic N) is 2. The summed E-state index contributed by atoms with van der Waals surface area (Å²) in [6.07, 6.45) is 0.374. The first-order valence-corrected chi connectivity index (χ1v) is 12.5. The predicted octanol–water partition coefficient (Wildman–Crippen LogP) is 8.14. The van der Waals surface area contributed by atoms with Crippen molar-refractivity contribution in [3.8, 4) is 6.07 Å². The van der Waals surface area contributed by atoms with Crippen LogP contribution in [0.4, 0.5) is 13.2 Å². The van der Waals surface area contributed by atoms with Gasteiger partial charge in [-0.15, -0.1) is 0 Å². The lowest BCUT2D eigenvalue weighted by molar-refractivity contribution is -0.146. The highest BCUT2D eigenvalue weighted by Gasteiger charge is 2.35. The number of benzene rings is 1. The maximum atomic E-state index is 12.8. The summed E-state index contributed by atoms with van der Waals surface area (Å²) < 4.78 is 40.9. The number of nitrogens with one attached hydrogen (secondary N) is 1. The van der Waals surface area contributed by atoms with Gasteiger partial charge >= 0.3 is 6.18 Å². The zero-order valence-electron chi connectivity index (χ0n) is 20.8. The number of nitriles is 1. The highest BCUT2D eigenvalue weighted by Crippen LogP contribution is 2.38. The topological polar surface area (TPSA) is 48.7 Å². The van der Waals surface area contributed by atoms with Crippen molar-refractivity contribution in [2.45, 2.75) is 77.9 Å². The molecule has 0 amide bonds. The zero-order valence-corrected chi connectivity index (χ0v) is 21.6. The standard InChI is InChI=1S/C27H34F3N3S/c1-7-21(9-8-17(2)3)26(25(15-31)24-14-18(4)16-32-19(24)5)22-10-12-23(13-11-22)34-33-20(6)27(28,29)30/h10-14,16-17,20-21,33H,7-9H2,1-6H3/b26-25+. The lowest BCUT2D eigenvalue weighted by atomic mass is 9.81. The molecule has 0 aliphatic heterocycles. The van der Waals surface area contributed by atoms with Gasteiger partial charge in [0.2, 0.25) is 0 Å². The number of pyridine rings is 1. The van der Waals surface area contributed by atoms with E-state index in [2.05, 4.69) is 36.5 Å². The molecule has 2 atom stereocenters. The minimum absolute atomic E-state index is 0.179. The van der Waals surface area contributed by atoms with Gasteiger partial charge < -0.3 is 0 Å². The number of alkyl halides is 3. The van der Waals surface area contributed by atoms with Crippen molar-refractivity contribution in [3.63, 3.8) is 0 Å². The Balaban J connectivity index is 2.52. The summed E-state index contributed by atoms with van der Waals surface area (Å²) in [6.45, 7) is 11.5. The molecule has 1 aromatic heterocycles. The molecule has 1 N–H and O–H groups in total. The second kappa shape index (κ2) is 12.4. The summed E-state index contributed by atoms with van der Waals surface area (Å²) >= 11 is 0.958. The molecule has 0 spiro atoms. The van der Waals surface area contributed by atoms with E-state index in [1.165, 1.54) is 0 Å². The fraction of sp³-hybridized carbons (Fsp3) is 0.481. The van der Waals surface area contributed by atoms with Gasteiger partial charge in [0.15, 0.2) is 0 Å². The van der Waals surface area contributed by atoms with Gasteiger partial charge in [-0.1, -0.05) is 39.3 Å². The zero-order chi connectivity index (χ0) is 25.5. The van der Waals surface area contributed by atoms with E-state index in [0.29, 0.717) is 16.4 Å². The van der Waals surface area contributed by atoms with Crippen molar-refractivity contribution in [1.82, 2.24) is 9.71 Å². The molecule has 0 aliphatic rings. The highest BCUT2D eigenvalue weighted by molar-refractivity contribution is 7.97. The molecule has 1 heterocycles. The Morgan fingerprint density at radius 3 is 2.29 bits per heavy atom. The Morgan fingerprint density at radius 2 is 1.76 bits per heavy atom. The molecule has 2 unspecified atom stereocenters. The molecule has 0 aliphatic carbocycles. The highest BCUT2D eigenvalue weighted by atomic mass is 32.2. The fourth-order valence-electron chi connectivity index (χ4n) is 3.75. The van der Waals surface area contributed by atoms with Crippen molar-refractivity contribution >= 4 is 23.1 Å². The molecule has 0 radical (unpaired) electrons. The maximum Gasteiger partial charge on any atom is 0.404 e. The SMILES string of the molecule is CCC(CCC(C)C)/C(=C(/C#N)c1cc(C)cnc1C)c1ccc(SNC(C)C(F)(F)F)cc1. The van der Waals surface area contributed by atoms with E-state index in [0.717, 1.165) is 66.1 Å². The van der Waals surface area contributed by atoms with E-state index >= 15 is 0 Å². The third-order valence-electron chi connectivity index (χ3n) is 5.88. The summed E-state index contributed by atoms with van der Waals surface area (Å²) in [6, 6.07) is 10.3. The number of allylic oxidation sites excluding steroid dienone is 2. The van der Waals surface area contributed by atoms with Gasteiger partial charge in [0.25, 0.3) is 0 Å². The summed E-state index contributed by atoms with van der Waals surface area (Å²) in [5, 5.41) is 10.3. The average Bonchev–Trinajstić information content (AvgIpc) is 2.78. The van der Waals surface area contributed by atoms with Gasteiger partial charge in [0, 0.05) is 22.3 Å². The number of aromatic nitrogens is 1. The van der Waals surface area contributed by atoms with Crippen LogP contribution >= 0.6 is 11.9 Å². The smallest absolute Gasteiger partial charge is 0.261 e.